The summed E-state index contributed by atoms with van der Waals surface area (Å²) in [6.45, 7) is 0. The van der Waals surface area contributed by atoms with Crippen LogP contribution in [-0.2, 0) is 14.4 Å². The second kappa shape index (κ2) is 5.45. The van der Waals surface area contributed by atoms with Gasteiger partial charge in [0.1, 0.15) is 5.54 Å². The molecule has 7 N–H and O–H groups in total. The lowest BCUT2D eigenvalue weighted by Crippen LogP contribution is -2.56. The van der Waals surface area contributed by atoms with Gasteiger partial charge in [-0.15, -0.1) is 0 Å². The van der Waals surface area contributed by atoms with Crippen molar-refractivity contribution in [2.24, 2.45) is 23.1 Å². The molecule has 1 rings (SSSR count). The summed E-state index contributed by atoms with van der Waals surface area (Å²) >= 11 is 0. The number of rotatable bonds is 6. The average molecular weight is 257 g/mol. The fraction of sp³-hybridized carbons (Fsp3) is 0.727. The van der Waals surface area contributed by atoms with Gasteiger partial charge in [-0.25, -0.2) is 0 Å². The summed E-state index contributed by atoms with van der Waals surface area (Å²) in [6, 6.07) is -0.886. The molecule has 3 atom stereocenters. The minimum atomic E-state index is -1.53. The van der Waals surface area contributed by atoms with Gasteiger partial charge in [0.25, 0.3) is 0 Å². The number of carboxylic acids is 1. The van der Waals surface area contributed by atoms with Crippen molar-refractivity contribution < 1.29 is 19.5 Å². The third-order valence-electron chi connectivity index (χ3n) is 3.51. The number of Topliss-reactive ketones (excluding diaryl/α,β-unsaturated/α-hetero) is 1. The Kier molecular flexibility index (Phi) is 4.42. The number of carbonyl (C=O) groups is 3. The molecular formula is C11H19N3O4. The molecule has 1 amide bonds. The van der Waals surface area contributed by atoms with E-state index >= 15 is 0 Å². The van der Waals surface area contributed by atoms with E-state index in [-0.39, 0.29) is 19.3 Å². The van der Waals surface area contributed by atoms with Crippen molar-refractivity contribution >= 4 is 17.7 Å². The zero-order valence-corrected chi connectivity index (χ0v) is 10.1. The monoisotopic (exact) mass is 257 g/mol. The number of nitrogens with two attached hydrogens (primary N) is 3. The molecule has 0 spiro atoms. The molecular weight excluding hydrogens is 238 g/mol. The molecule has 0 aromatic heterocycles. The second-order valence-corrected chi connectivity index (χ2v) is 4.80. The fourth-order valence-corrected chi connectivity index (χ4v) is 2.38. The molecule has 102 valence electrons. The van der Waals surface area contributed by atoms with Crippen LogP contribution in [0.25, 0.3) is 0 Å². The van der Waals surface area contributed by atoms with Gasteiger partial charge in [0, 0.05) is 12.3 Å². The van der Waals surface area contributed by atoms with Gasteiger partial charge in [-0.05, 0) is 19.3 Å². The molecule has 0 aromatic rings. The summed E-state index contributed by atoms with van der Waals surface area (Å²) in [7, 11) is 0. The second-order valence-electron chi connectivity index (χ2n) is 4.80. The smallest absolute Gasteiger partial charge is 0.324 e. The van der Waals surface area contributed by atoms with E-state index in [1.807, 2.05) is 0 Å². The van der Waals surface area contributed by atoms with Crippen LogP contribution in [0.15, 0.2) is 0 Å². The van der Waals surface area contributed by atoms with Gasteiger partial charge in [0.2, 0.25) is 5.91 Å². The summed E-state index contributed by atoms with van der Waals surface area (Å²) in [5.41, 5.74) is 14.9. The Morgan fingerprint density at radius 3 is 2.50 bits per heavy atom. The van der Waals surface area contributed by atoms with Gasteiger partial charge in [-0.2, -0.15) is 0 Å². The van der Waals surface area contributed by atoms with Crippen LogP contribution in [0.1, 0.15) is 32.1 Å². The van der Waals surface area contributed by atoms with Crippen molar-refractivity contribution in [2.75, 3.05) is 0 Å². The summed E-state index contributed by atoms with van der Waals surface area (Å²) in [4.78, 5) is 33.8. The molecule has 0 radical (unpaired) electrons. The van der Waals surface area contributed by atoms with Crippen molar-refractivity contribution in [1.82, 2.24) is 0 Å². The Morgan fingerprint density at radius 2 is 2.00 bits per heavy atom. The summed E-state index contributed by atoms with van der Waals surface area (Å²) < 4.78 is 0. The topological polar surface area (TPSA) is 150 Å². The standard InChI is InChI=1S/C11H19N3O4/c12-7(3-4-8(13)15)9(16)6-2-1-5-11(6,14)10(17)18/h6-7H,1-5,12,14H2,(H2,13,15)(H,17,18). The lowest BCUT2D eigenvalue weighted by atomic mass is 9.82. The number of amides is 1. The van der Waals surface area contributed by atoms with Crippen molar-refractivity contribution in [2.45, 2.75) is 43.7 Å². The van der Waals surface area contributed by atoms with Gasteiger partial charge in [0.15, 0.2) is 5.78 Å². The minimum absolute atomic E-state index is 0.00424. The average Bonchev–Trinajstić information content (AvgIpc) is 2.68. The Balaban J connectivity index is 2.71. The molecule has 3 unspecified atom stereocenters. The Bertz CT molecular complexity index is 371. The Labute approximate surface area is 105 Å². The predicted molar refractivity (Wildman–Crippen MR) is 63.3 cm³/mol. The molecule has 0 aromatic carbocycles. The van der Waals surface area contributed by atoms with E-state index in [2.05, 4.69) is 0 Å². The van der Waals surface area contributed by atoms with Crippen molar-refractivity contribution in [3.8, 4) is 0 Å². The fourth-order valence-electron chi connectivity index (χ4n) is 2.38. The number of primary amides is 1. The molecule has 1 saturated carbocycles. The normalized spacial score (nSPS) is 28.9. The number of ketones is 1. The van der Waals surface area contributed by atoms with Gasteiger partial charge >= 0.3 is 5.97 Å². The molecule has 0 heterocycles. The van der Waals surface area contributed by atoms with Gasteiger partial charge in [-0.3, -0.25) is 14.4 Å². The maximum atomic E-state index is 12.1. The molecule has 7 heteroatoms. The molecule has 1 aliphatic rings. The number of carbonyl (C=O) groups excluding carboxylic acids is 2. The maximum absolute atomic E-state index is 12.1. The van der Waals surface area contributed by atoms with Gasteiger partial charge < -0.3 is 22.3 Å². The molecule has 0 bridgehead atoms. The van der Waals surface area contributed by atoms with E-state index in [9.17, 15) is 14.4 Å². The minimum Gasteiger partial charge on any atom is -0.480 e. The first kappa shape index (κ1) is 14.6. The third kappa shape index (κ3) is 2.85. The third-order valence-corrected chi connectivity index (χ3v) is 3.51. The highest BCUT2D eigenvalue weighted by Crippen LogP contribution is 2.35. The van der Waals surface area contributed by atoms with E-state index in [0.717, 1.165) is 0 Å². The first-order chi connectivity index (χ1) is 8.29. The highest BCUT2D eigenvalue weighted by atomic mass is 16.4. The van der Waals surface area contributed by atoms with Crippen molar-refractivity contribution in [3.05, 3.63) is 0 Å². The Hall–Kier alpha value is -1.47. The van der Waals surface area contributed by atoms with Crippen LogP contribution in [0.4, 0.5) is 0 Å². The molecule has 0 saturated heterocycles. The van der Waals surface area contributed by atoms with Crippen LogP contribution >= 0.6 is 0 Å². The van der Waals surface area contributed by atoms with Crippen LogP contribution in [0.2, 0.25) is 0 Å². The molecule has 18 heavy (non-hydrogen) atoms. The first-order valence-electron chi connectivity index (χ1n) is 5.89. The predicted octanol–water partition coefficient (Wildman–Crippen LogP) is -1.27. The van der Waals surface area contributed by atoms with Gasteiger partial charge in [0.05, 0.1) is 6.04 Å². The quantitative estimate of drug-likeness (QED) is 0.466. The highest BCUT2D eigenvalue weighted by Gasteiger charge is 2.50. The van der Waals surface area contributed by atoms with Crippen LogP contribution in [0, 0.1) is 5.92 Å². The first-order valence-corrected chi connectivity index (χ1v) is 5.89. The molecule has 0 aliphatic heterocycles. The van der Waals surface area contributed by atoms with Crippen LogP contribution in [-0.4, -0.2) is 34.3 Å². The highest BCUT2D eigenvalue weighted by molar-refractivity contribution is 5.94. The van der Waals surface area contributed by atoms with E-state index in [0.29, 0.717) is 12.8 Å². The molecule has 7 nitrogen and oxygen atoms in total. The number of hydrogen-bond donors (Lipinski definition) is 4. The number of carboxylic acid groups (broad SMARTS) is 1. The van der Waals surface area contributed by atoms with Gasteiger partial charge in [-0.1, -0.05) is 6.42 Å². The van der Waals surface area contributed by atoms with Crippen LogP contribution < -0.4 is 17.2 Å². The van der Waals surface area contributed by atoms with E-state index in [1.54, 1.807) is 0 Å². The van der Waals surface area contributed by atoms with E-state index < -0.39 is 35.2 Å². The molecule has 1 aliphatic carbocycles. The maximum Gasteiger partial charge on any atom is 0.324 e. The van der Waals surface area contributed by atoms with Crippen molar-refractivity contribution in [1.29, 1.82) is 0 Å². The Morgan fingerprint density at radius 1 is 1.39 bits per heavy atom. The molecule has 1 fully saturated rings. The summed E-state index contributed by atoms with van der Waals surface area (Å²) in [5.74, 6) is -2.89. The van der Waals surface area contributed by atoms with Crippen LogP contribution in [0.3, 0.4) is 0 Å². The summed E-state index contributed by atoms with van der Waals surface area (Å²) in [6.07, 6.45) is 1.40. The largest absolute Gasteiger partial charge is 0.480 e. The van der Waals surface area contributed by atoms with E-state index in [1.165, 1.54) is 0 Å². The number of aliphatic carboxylic acids is 1. The van der Waals surface area contributed by atoms with E-state index in [4.69, 9.17) is 22.3 Å². The zero-order chi connectivity index (χ0) is 13.9. The summed E-state index contributed by atoms with van der Waals surface area (Å²) in [5, 5.41) is 9.10. The zero-order valence-electron chi connectivity index (χ0n) is 10.1. The lowest BCUT2D eigenvalue weighted by Gasteiger charge is -2.27. The number of hydrogen-bond acceptors (Lipinski definition) is 5. The van der Waals surface area contributed by atoms with Crippen LogP contribution in [0.5, 0.6) is 0 Å². The van der Waals surface area contributed by atoms with Crippen molar-refractivity contribution in [3.63, 3.8) is 0 Å². The lowest BCUT2D eigenvalue weighted by molar-refractivity contribution is -0.147. The SMILES string of the molecule is NC(=O)CCC(N)C(=O)C1CCCC1(N)C(=O)O.